The minimum Gasteiger partial charge on any atom is -0.327 e. The van der Waals surface area contributed by atoms with Crippen LogP contribution in [0.15, 0.2) is 0 Å². The highest BCUT2D eigenvalue weighted by atomic mass is 15.2. The lowest BCUT2D eigenvalue weighted by Crippen LogP contribution is -2.27. The van der Waals surface area contributed by atoms with E-state index in [0.717, 1.165) is 19.3 Å². The Balaban J connectivity index is 2.16. The zero-order chi connectivity index (χ0) is 10.6. The molecule has 0 saturated heterocycles. The van der Waals surface area contributed by atoms with Crippen LogP contribution >= 0.6 is 0 Å². The summed E-state index contributed by atoms with van der Waals surface area (Å²) in [5.74, 6) is 1.26. The van der Waals surface area contributed by atoms with Gasteiger partial charge in [0.25, 0.3) is 0 Å². The van der Waals surface area contributed by atoms with Crippen LogP contribution in [-0.2, 0) is 12.0 Å². The fourth-order valence-corrected chi connectivity index (χ4v) is 2.91. The highest BCUT2D eigenvalue weighted by Gasteiger charge is 2.45. The number of aromatic nitrogens is 2. The van der Waals surface area contributed by atoms with E-state index in [9.17, 15) is 0 Å². The summed E-state index contributed by atoms with van der Waals surface area (Å²) in [4.78, 5) is 4.69. The Morgan fingerprint density at radius 2 is 2.20 bits per heavy atom. The van der Waals surface area contributed by atoms with Gasteiger partial charge in [0, 0.05) is 12.5 Å². The minimum absolute atomic E-state index is 0.0407. The van der Waals surface area contributed by atoms with E-state index in [1.54, 1.807) is 0 Å². The molecule has 1 aromatic heterocycles. The first-order chi connectivity index (χ1) is 7.12. The van der Waals surface area contributed by atoms with Gasteiger partial charge in [0.15, 0.2) is 0 Å². The summed E-state index contributed by atoms with van der Waals surface area (Å²) in [5, 5.41) is 0. The lowest BCUT2D eigenvalue weighted by molar-refractivity contribution is 0.403. The highest BCUT2D eigenvalue weighted by Crippen LogP contribution is 2.46. The number of nitrogens with zero attached hydrogens (tertiary/aromatic N) is 2. The minimum atomic E-state index is -0.0407. The van der Waals surface area contributed by atoms with Crippen molar-refractivity contribution in [1.82, 2.24) is 9.55 Å². The molecule has 1 saturated carbocycles. The first kappa shape index (κ1) is 9.40. The van der Waals surface area contributed by atoms with Crippen LogP contribution in [-0.4, -0.2) is 9.55 Å². The average molecular weight is 205 g/mol. The maximum absolute atomic E-state index is 6.34. The van der Waals surface area contributed by atoms with Crippen molar-refractivity contribution >= 4 is 0 Å². The molecule has 1 aromatic rings. The van der Waals surface area contributed by atoms with Gasteiger partial charge in [-0.15, -0.1) is 0 Å². The Labute approximate surface area is 90.7 Å². The van der Waals surface area contributed by atoms with Gasteiger partial charge in [0.1, 0.15) is 5.82 Å². The lowest BCUT2D eigenvalue weighted by Gasteiger charge is -2.26. The molecule has 2 N–H and O–H groups in total. The second kappa shape index (κ2) is 2.85. The predicted molar refractivity (Wildman–Crippen MR) is 59.7 cm³/mol. The van der Waals surface area contributed by atoms with Crippen molar-refractivity contribution in [3.05, 3.63) is 17.2 Å². The number of hydrogen-bond acceptors (Lipinski definition) is 2. The third-order valence-corrected chi connectivity index (χ3v) is 3.88. The highest BCUT2D eigenvalue weighted by molar-refractivity contribution is 5.31. The van der Waals surface area contributed by atoms with Gasteiger partial charge in [-0.1, -0.05) is 0 Å². The maximum atomic E-state index is 6.34. The van der Waals surface area contributed by atoms with E-state index in [-0.39, 0.29) is 5.54 Å². The Morgan fingerprint density at radius 1 is 1.47 bits per heavy atom. The second-order valence-electron chi connectivity index (χ2n) is 5.23. The van der Waals surface area contributed by atoms with Crippen LogP contribution in [0.3, 0.4) is 0 Å². The molecule has 0 spiro atoms. The third-order valence-electron chi connectivity index (χ3n) is 3.88. The van der Waals surface area contributed by atoms with Crippen molar-refractivity contribution in [1.29, 1.82) is 0 Å². The summed E-state index contributed by atoms with van der Waals surface area (Å²) in [7, 11) is 0. The average Bonchev–Trinajstić information content (AvgIpc) is 2.79. The number of imidazole rings is 1. The van der Waals surface area contributed by atoms with E-state index in [4.69, 9.17) is 10.7 Å². The maximum Gasteiger partial charge on any atom is 0.109 e. The summed E-state index contributed by atoms with van der Waals surface area (Å²) < 4.78 is 2.42. The molecule has 0 bridgehead atoms. The molecular formula is C12H19N3. The van der Waals surface area contributed by atoms with E-state index in [0.29, 0.717) is 6.04 Å². The zero-order valence-corrected chi connectivity index (χ0v) is 9.58. The molecule has 3 rings (SSSR count). The van der Waals surface area contributed by atoms with E-state index in [1.165, 1.54) is 30.1 Å². The van der Waals surface area contributed by atoms with Crippen LogP contribution in [0.2, 0.25) is 0 Å². The van der Waals surface area contributed by atoms with Gasteiger partial charge < -0.3 is 10.3 Å². The molecule has 2 aliphatic rings. The summed E-state index contributed by atoms with van der Waals surface area (Å²) in [6.45, 7) is 4.40. The number of fused-ring (bicyclic) bond motifs is 1. The number of hydrogen-bond donors (Lipinski definition) is 1. The van der Waals surface area contributed by atoms with Gasteiger partial charge >= 0.3 is 0 Å². The molecule has 15 heavy (non-hydrogen) atoms. The van der Waals surface area contributed by atoms with Gasteiger partial charge in [-0.05, 0) is 39.5 Å². The van der Waals surface area contributed by atoms with E-state index in [1.807, 2.05) is 0 Å². The van der Waals surface area contributed by atoms with Crippen LogP contribution in [0.4, 0.5) is 0 Å². The van der Waals surface area contributed by atoms with Gasteiger partial charge in [-0.25, -0.2) is 4.98 Å². The van der Waals surface area contributed by atoms with Crippen molar-refractivity contribution in [2.24, 2.45) is 5.73 Å². The molecule has 1 atom stereocenters. The summed E-state index contributed by atoms with van der Waals surface area (Å²) in [6.07, 6.45) is 5.93. The molecule has 3 heteroatoms. The molecule has 1 aliphatic carbocycles. The van der Waals surface area contributed by atoms with Crippen molar-refractivity contribution in [2.45, 2.75) is 57.5 Å². The van der Waals surface area contributed by atoms with E-state index < -0.39 is 0 Å². The smallest absolute Gasteiger partial charge is 0.109 e. The molecule has 0 aromatic carbocycles. The summed E-state index contributed by atoms with van der Waals surface area (Å²) >= 11 is 0. The first-order valence-corrected chi connectivity index (χ1v) is 5.99. The Hall–Kier alpha value is -0.830. The molecule has 1 fully saturated rings. The van der Waals surface area contributed by atoms with E-state index in [2.05, 4.69) is 18.4 Å². The van der Waals surface area contributed by atoms with Crippen LogP contribution in [0, 0.1) is 6.92 Å². The molecule has 1 aliphatic heterocycles. The fourth-order valence-electron chi connectivity index (χ4n) is 2.91. The second-order valence-corrected chi connectivity index (χ2v) is 5.23. The summed E-state index contributed by atoms with van der Waals surface area (Å²) in [6, 6.07) is 0.589. The molecule has 1 unspecified atom stereocenters. The molecule has 0 amide bonds. The van der Waals surface area contributed by atoms with Crippen molar-refractivity contribution in [2.75, 3.05) is 0 Å². The van der Waals surface area contributed by atoms with Crippen molar-refractivity contribution in [3.8, 4) is 0 Å². The zero-order valence-electron chi connectivity index (χ0n) is 9.58. The van der Waals surface area contributed by atoms with Crippen LogP contribution in [0.5, 0.6) is 0 Å². The topological polar surface area (TPSA) is 43.8 Å². The van der Waals surface area contributed by atoms with Crippen molar-refractivity contribution < 1.29 is 0 Å². The quantitative estimate of drug-likeness (QED) is 0.762. The van der Waals surface area contributed by atoms with Crippen molar-refractivity contribution in [3.63, 3.8) is 0 Å². The third kappa shape index (κ3) is 1.26. The van der Waals surface area contributed by atoms with E-state index >= 15 is 0 Å². The Bertz CT molecular complexity index is 401. The van der Waals surface area contributed by atoms with Gasteiger partial charge in [0.05, 0.1) is 16.9 Å². The SMILES string of the molecule is Cc1nc2n(c1C1(N)CC1)C(C)CCC2. The molecular weight excluding hydrogens is 186 g/mol. The van der Waals surface area contributed by atoms with Gasteiger partial charge in [0.2, 0.25) is 0 Å². The number of rotatable bonds is 1. The Kier molecular flexibility index (Phi) is 1.78. The largest absolute Gasteiger partial charge is 0.327 e. The fraction of sp³-hybridized carbons (Fsp3) is 0.750. The molecule has 82 valence electrons. The first-order valence-electron chi connectivity index (χ1n) is 5.99. The normalized spacial score (nSPS) is 27.5. The molecule has 2 heterocycles. The van der Waals surface area contributed by atoms with Gasteiger partial charge in [-0.2, -0.15) is 0 Å². The molecule has 3 nitrogen and oxygen atoms in total. The van der Waals surface area contributed by atoms with Crippen LogP contribution in [0.1, 0.15) is 55.9 Å². The molecule has 0 radical (unpaired) electrons. The lowest BCUT2D eigenvalue weighted by atomic mass is 10.0. The van der Waals surface area contributed by atoms with Gasteiger partial charge in [-0.3, -0.25) is 0 Å². The summed E-state index contributed by atoms with van der Waals surface area (Å²) in [5.41, 5.74) is 8.79. The van der Waals surface area contributed by atoms with Crippen LogP contribution in [0.25, 0.3) is 0 Å². The number of nitrogens with two attached hydrogens (primary N) is 1. The standard InChI is InChI=1S/C12H19N3/c1-8-4-3-5-10-14-9(2)11(15(8)10)12(13)6-7-12/h8H,3-7,13H2,1-2H3. The Morgan fingerprint density at radius 3 is 2.87 bits per heavy atom. The predicted octanol–water partition coefficient (Wildman–Crippen LogP) is 2.04. The monoisotopic (exact) mass is 205 g/mol. The number of aryl methyl sites for hydroxylation is 2. The van der Waals surface area contributed by atoms with Crippen LogP contribution < -0.4 is 5.73 Å².